The molecule has 2 aromatic rings. The minimum Gasteiger partial charge on any atom is -0.367 e. The molecular weight excluding hydrogens is 350 g/mol. The molecule has 1 heterocycles. The van der Waals surface area contributed by atoms with Gasteiger partial charge in [0.2, 0.25) is 5.91 Å². The standard InChI is InChI=1S/C22H29N5O/c23-21-16-7-4-8-17(21)14-18(13-16)22(28)25-12-11-24-20-10-9-19(26-27-20)15-5-2-1-3-6-15/h1-3,5-6,9-10,16-18,21H,4,7-8,11-14,23H2,(H,24,27)(H,25,28). The Balaban J connectivity index is 1.21. The number of nitrogens with one attached hydrogen (secondary N) is 2. The van der Waals surface area contributed by atoms with Gasteiger partial charge in [0, 0.05) is 30.6 Å². The lowest BCUT2D eigenvalue weighted by molar-refractivity contribution is -0.127. The van der Waals surface area contributed by atoms with Crippen molar-refractivity contribution in [2.45, 2.75) is 38.1 Å². The second-order valence-corrected chi connectivity index (χ2v) is 8.08. The first-order valence-electron chi connectivity index (χ1n) is 10.4. The van der Waals surface area contributed by atoms with Gasteiger partial charge in [0.25, 0.3) is 0 Å². The number of benzene rings is 1. The van der Waals surface area contributed by atoms with Gasteiger partial charge < -0.3 is 16.4 Å². The van der Waals surface area contributed by atoms with E-state index in [1.54, 1.807) is 0 Å². The first-order valence-corrected chi connectivity index (χ1v) is 10.4. The predicted octanol–water partition coefficient (Wildman–Crippen LogP) is 2.83. The van der Waals surface area contributed by atoms with Crippen LogP contribution in [0.25, 0.3) is 11.3 Å². The van der Waals surface area contributed by atoms with E-state index in [9.17, 15) is 4.79 Å². The number of hydrogen-bond acceptors (Lipinski definition) is 5. The topological polar surface area (TPSA) is 92.9 Å². The largest absolute Gasteiger partial charge is 0.367 e. The maximum absolute atomic E-state index is 12.5. The van der Waals surface area contributed by atoms with Crippen molar-refractivity contribution < 1.29 is 4.79 Å². The number of hydrogen-bond donors (Lipinski definition) is 3. The second kappa shape index (κ2) is 8.69. The highest BCUT2D eigenvalue weighted by Crippen LogP contribution is 2.41. The lowest BCUT2D eigenvalue weighted by Gasteiger charge is -2.43. The Morgan fingerprint density at radius 3 is 2.43 bits per heavy atom. The van der Waals surface area contributed by atoms with Crippen molar-refractivity contribution in [3.8, 4) is 11.3 Å². The van der Waals surface area contributed by atoms with Gasteiger partial charge in [-0.25, -0.2) is 0 Å². The molecule has 148 valence electrons. The van der Waals surface area contributed by atoms with Gasteiger partial charge in [0.15, 0.2) is 0 Å². The molecule has 2 unspecified atom stereocenters. The minimum atomic E-state index is 0.125. The Morgan fingerprint density at radius 1 is 1.00 bits per heavy atom. The first-order chi connectivity index (χ1) is 13.7. The summed E-state index contributed by atoms with van der Waals surface area (Å²) in [4.78, 5) is 12.5. The Hall–Kier alpha value is -2.47. The molecule has 2 aliphatic carbocycles. The van der Waals surface area contributed by atoms with Crippen molar-refractivity contribution >= 4 is 11.7 Å². The van der Waals surface area contributed by atoms with Crippen LogP contribution in [0.4, 0.5) is 5.82 Å². The Bertz CT molecular complexity index is 765. The lowest BCUT2D eigenvalue weighted by Crippen LogP contribution is -2.49. The molecule has 0 aliphatic heterocycles. The van der Waals surface area contributed by atoms with Crippen molar-refractivity contribution in [3.05, 3.63) is 42.5 Å². The summed E-state index contributed by atoms with van der Waals surface area (Å²) in [6.45, 7) is 1.21. The van der Waals surface area contributed by atoms with E-state index in [1.807, 2.05) is 42.5 Å². The molecular formula is C22H29N5O. The number of nitrogens with zero attached hydrogens (tertiary/aromatic N) is 2. The number of carbonyl (C=O) groups excluding carboxylic acids is 1. The van der Waals surface area contributed by atoms with E-state index < -0.39 is 0 Å². The molecule has 1 aromatic carbocycles. The van der Waals surface area contributed by atoms with E-state index in [1.165, 1.54) is 19.3 Å². The highest BCUT2D eigenvalue weighted by molar-refractivity contribution is 5.78. The predicted molar refractivity (Wildman–Crippen MR) is 110 cm³/mol. The minimum absolute atomic E-state index is 0.125. The fraction of sp³-hybridized carbons (Fsp3) is 0.500. The third-order valence-corrected chi connectivity index (χ3v) is 6.25. The van der Waals surface area contributed by atoms with E-state index in [2.05, 4.69) is 20.8 Å². The van der Waals surface area contributed by atoms with E-state index in [-0.39, 0.29) is 11.8 Å². The normalized spacial score (nSPS) is 26.5. The van der Waals surface area contributed by atoms with Crippen molar-refractivity contribution in [2.75, 3.05) is 18.4 Å². The molecule has 2 atom stereocenters. The van der Waals surface area contributed by atoms with E-state index >= 15 is 0 Å². The first kappa shape index (κ1) is 18.9. The van der Waals surface area contributed by atoms with E-state index in [4.69, 9.17) is 5.73 Å². The fourth-order valence-electron chi connectivity index (χ4n) is 4.71. The molecule has 1 amide bonds. The van der Waals surface area contributed by atoms with Crippen LogP contribution >= 0.6 is 0 Å². The van der Waals surface area contributed by atoms with Gasteiger partial charge in [-0.15, -0.1) is 10.2 Å². The molecule has 2 bridgehead atoms. The summed E-state index contributed by atoms with van der Waals surface area (Å²) >= 11 is 0. The van der Waals surface area contributed by atoms with Crippen LogP contribution in [-0.2, 0) is 4.79 Å². The average molecular weight is 380 g/mol. The number of rotatable bonds is 6. The highest BCUT2D eigenvalue weighted by Gasteiger charge is 2.40. The van der Waals surface area contributed by atoms with Crippen molar-refractivity contribution in [2.24, 2.45) is 23.5 Å². The molecule has 2 aliphatic rings. The molecule has 2 fully saturated rings. The fourth-order valence-corrected chi connectivity index (χ4v) is 4.71. The summed E-state index contributed by atoms with van der Waals surface area (Å²) in [6, 6.07) is 14.1. The SMILES string of the molecule is NC1C2CCCC1CC(C(=O)NCCNc1ccc(-c3ccccc3)nn1)C2. The zero-order valence-corrected chi connectivity index (χ0v) is 16.2. The highest BCUT2D eigenvalue weighted by atomic mass is 16.1. The smallest absolute Gasteiger partial charge is 0.223 e. The monoisotopic (exact) mass is 379 g/mol. The summed E-state index contributed by atoms with van der Waals surface area (Å²) in [5.74, 6) is 2.07. The molecule has 0 radical (unpaired) electrons. The van der Waals surface area contributed by atoms with Gasteiger partial charge in [-0.1, -0.05) is 36.8 Å². The maximum atomic E-state index is 12.5. The van der Waals surface area contributed by atoms with Crippen LogP contribution in [-0.4, -0.2) is 35.2 Å². The molecule has 6 nitrogen and oxygen atoms in total. The third kappa shape index (κ3) is 4.33. The summed E-state index contributed by atoms with van der Waals surface area (Å²) in [5.41, 5.74) is 8.22. The van der Waals surface area contributed by atoms with Crippen molar-refractivity contribution in [3.63, 3.8) is 0 Å². The number of nitrogens with two attached hydrogens (primary N) is 1. The van der Waals surface area contributed by atoms with Crippen LogP contribution in [0, 0.1) is 17.8 Å². The molecule has 0 saturated heterocycles. The zero-order valence-electron chi connectivity index (χ0n) is 16.2. The van der Waals surface area contributed by atoms with Gasteiger partial charge in [-0.05, 0) is 49.7 Å². The van der Waals surface area contributed by atoms with Crippen LogP contribution in [0.1, 0.15) is 32.1 Å². The molecule has 1 aromatic heterocycles. The summed E-state index contributed by atoms with van der Waals surface area (Å²) in [5, 5.41) is 14.8. The number of anilines is 1. The van der Waals surface area contributed by atoms with Gasteiger partial charge in [-0.3, -0.25) is 4.79 Å². The van der Waals surface area contributed by atoms with Crippen molar-refractivity contribution in [1.29, 1.82) is 0 Å². The van der Waals surface area contributed by atoms with E-state index in [0.717, 1.165) is 24.1 Å². The third-order valence-electron chi connectivity index (χ3n) is 6.25. The molecule has 4 N–H and O–H groups in total. The Kier molecular flexibility index (Phi) is 5.86. The molecule has 2 saturated carbocycles. The molecule has 6 heteroatoms. The molecule has 0 spiro atoms. The number of amides is 1. The Morgan fingerprint density at radius 2 is 1.75 bits per heavy atom. The van der Waals surface area contributed by atoms with Crippen LogP contribution in [0.3, 0.4) is 0 Å². The van der Waals surface area contributed by atoms with Gasteiger partial charge in [0.05, 0.1) is 5.69 Å². The van der Waals surface area contributed by atoms with Gasteiger partial charge in [-0.2, -0.15) is 0 Å². The maximum Gasteiger partial charge on any atom is 0.223 e. The van der Waals surface area contributed by atoms with Crippen LogP contribution in [0.15, 0.2) is 42.5 Å². The van der Waals surface area contributed by atoms with Crippen LogP contribution < -0.4 is 16.4 Å². The lowest BCUT2D eigenvalue weighted by atomic mass is 9.65. The summed E-state index contributed by atoms with van der Waals surface area (Å²) in [7, 11) is 0. The number of fused-ring (bicyclic) bond motifs is 2. The summed E-state index contributed by atoms with van der Waals surface area (Å²) in [6.07, 6.45) is 5.53. The number of aromatic nitrogens is 2. The van der Waals surface area contributed by atoms with Gasteiger partial charge >= 0.3 is 0 Å². The average Bonchev–Trinajstić information content (AvgIpc) is 2.72. The summed E-state index contributed by atoms with van der Waals surface area (Å²) < 4.78 is 0. The van der Waals surface area contributed by atoms with Crippen LogP contribution in [0.2, 0.25) is 0 Å². The van der Waals surface area contributed by atoms with Gasteiger partial charge in [0.1, 0.15) is 5.82 Å². The van der Waals surface area contributed by atoms with Crippen LogP contribution in [0.5, 0.6) is 0 Å². The zero-order chi connectivity index (χ0) is 19.3. The molecule has 4 rings (SSSR count). The Labute approximate surface area is 166 Å². The molecule has 28 heavy (non-hydrogen) atoms. The number of carbonyl (C=O) groups is 1. The quantitative estimate of drug-likeness (QED) is 0.671. The second-order valence-electron chi connectivity index (χ2n) is 8.08. The van der Waals surface area contributed by atoms with Crippen molar-refractivity contribution in [1.82, 2.24) is 15.5 Å². The van der Waals surface area contributed by atoms with E-state index in [0.29, 0.717) is 36.8 Å².